The van der Waals surface area contributed by atoms with Crippen molar-refractivity contribution in [3.8, 4) is 0 Å². The van der Waals surface area contributed by atoms with Gasteiger partial charge in [0.05, 0.1) is 0 Å². The first kappa shape index (κ1) is 9.80. The molecule has 0 bridgehead atoms. The average molecular weight is 186 g/mol. The van der Waals surface area contributed by atoms with Gasteiger partial charge in [-0.3, -0.25) is 0 Å². The molecular weight excluding hydrogens is 176 g/mol. The van der Waals surface area contributed by atoms with Crippen LogP contribution in [0.15, 0.2) is 47.4 Å². The quantitative estimate of drug-likeness (QED) is 0.519. The molecule has 0 aliphatic heterocycles. The van der Waals surface area contributed by atoms with Crippen molar-refractivity contribution >= 4 is 21.9 Å². The summed E-state index contributed by atoms with van der Waals surface area (Å²) in [6, 6.07) is 10.1. The van der Waals surface area contributed by atoms with Crippen LogP contribution >= 0.6 is 0 Å². The van der Waals surface area contributed by atoms with E-state index in [-0.39, 0.29) is 11.0 Å². The molecule has 0 saturated carbocycles. The van der Waals surface area contributed by atoms with Crippen LogP contribution in [0.25, 0.3) is 11.0 Å². The molecule has 1 heterocycles. The van der Waals surface area contributed by atoms with Crippen LogP contribution in [0.4, 0.5) is 0 Å². The lowest BCUT2D eigenvalue weighted by molar-refractivity contribution is 0.565. The van der Waals surface area contributed by atoms with E-state index in [0.29, 0.717) is 0 Å². The highest BCUT2D eigenvalue weighted by atomic mass is 28.1. The van der Waals surface area contributed by atoms with E-state index in [1.165, 1.54) is 0 Å². The molecule has 64 valence electrons. The third-order valence-corrected chi connectivity index (χ3v) is 1.82. The van der Waals surface area contributed by atoms with E-state index in [1.54, 1.807) is 0 Å². The summed E-state index contributed by atoms with van der Waals surface area (Å²) in [4.78, 5) is 0. The summed E-state index contributed by atoms with van der Waals surface area (Å²) >= 11 is 0. The van der Waals surface area contributed by atoms with Gasteiger partial charge < -0.3 is 4.42 Å². The molecule has 0 atom stereocenters. The van der Waals surface area contributed by atoms with E-state index in [0.717, 1.165) is 23.2 Å². The van der Waals surface area contributed by atoms with Crippen molar-refractivity contribution in [1.29, 1.82) is 0 Å². The average Bonchev–Trinajstić information content (AvgIpc) is 2.47. The number of hydrogen-bond donors (Lipinski definition) is 0. The Hall–Kier alpha value is -1.28. The zero-order valence-electron chi connectivity index (χ0n) is 7.29. The number of benzene rings is 1. The number of para-hydroxylation sites is 1. The fourth-order valence-corrected chi connectivity index (χ4v) is 1.28. The molecule has 0 unspecified atom stereocenters. The molecule has 0 aliphatic carbocycles. The van der Waals surface area contributed by atoms with Crippen molar-refractivity contribution in [3.05, 3.63) is 48.7 Å². The zero-order chi connectivity index (χ0) is 8.39. The summed E-state index contributed by atoms with van der Waals surface area (Å²) in [5, 5.41) is 1.16. The lowest BCUT2D eigenvalue weighted by atomic mass is 10.2. The highest BCUT2D eigenvalue weighted by molar-refractivity contribution is 5.77. The van der Waals surface area contributed by atoms with Gasteiger partial charge in [-0.2, -0.15) is 0 Å². The van der Waals surface area contributed by atoms with E-state index in [2.05, 4.69) is 12.6 Å². The van der Waals surface area contributed by atoms with Crippen LogP contribution in [-0.4, -0.2) is 11.0 Å². The van der Waals surface area contributed by atoms with Crippen LogP contribution in [0.1, 0.15) is 5.76 Å². The summed E-state index contributed by atoms with van der Waals surface area (Å²) in [7, 11) is 0. The van der Waals surface area contributed by atoms with Crippen molar-refractivity contribution in [2.45, 2.75) is 6.42 Å². The van der Waals surface area contributed by atoms with Crippen molar-refractivity contribution in [2.24, 2.45) is 0 Å². The van der Waals surface area contributed by atoms with Gasteiger partial charge in [0.15, 0.2) is 0 Å². The normalized spacial score (nSPS) is 9.54. The summed E-state index contributed by atoms with van der Waals surface area (Å²) < 4.78 is 5.54. The van der Waals surface area contributed by atoms with Crippen molar-refractivity contribution in [2.75, 3.05) is 0 Å². The molecule has 0 aliphatic rings. The van der Waals surface area contributed by atoms with Gasteiger partial charge in [-0.05, 0) is 12.1 Å². The van der Waals surface area contributed by atoms with E-state index >= 15 is 0 Å². The van der Waals surface area contributed by atoms with Gasteiger partial charge in [0.1, 0.15) is 11.3 Å². The summed E-state index contributed by atoms with van der Waals surface area (Å²) in [5.41, 5.74) is 0.953. The Balaban J connectivity index is 0.000000845. The SMILES string of the molecule is C=CCc1cc2ccccc2o1.[Si]. The van der Waals surface area contributed by atoms with Crippen LogP contribution in [0.2, 0.25) is 0 Å². The number of allylic oxidation sites excluding steroid dienone is 1. The van der Waals surface area contributed by atoms with E-state index in [9.17, 15) is 0 Å². The first-order chi connectivity index (χ1) is 5.90. The first-order valence-corrected chi connectivity index (χ1v) is 3.98. The van der Waals surface area contributed by atoms with Crippen molar-refractivity contribution < 1.29 is 4.42 Å². The fourth-order valence-electron chi connectivity index (χ4n) is 1.28. The Morgan fingerprint density at radius 2 is 2.08 bits per heavy atom. The van der Waals surface area contributed by atoms with Gasteiger partial charge in [0, 0.05) is 22.8 Å². The number of rotatable bonds is 2. The van der Waals surface area contributed by atoms with Crippen LogP contribution in [0.5, 0.6) is 0 Å². The maximum absolute atomic E-state index is 5.54. The second kappa shape index (κ2) is 4.10. The fraction of sp³-hybridized carbons (Fsp3) is 0.0909. The Morgan fingerprint density at radius 3 is 2.77 bits per heavy atom. The molecule has 1 aromatic carbocycles. The third kappa shape index (κ3) is 1.90. The predicted molar refractivity (Wildman–Crippen MR) is 55.9 cm³/mol. The molecule has 1 aromatic heterocycles. The topological polar surface area (TPSA) is 13.1 Å². The lowest BCUT2D eigenvalue weighted by Crippen LogP contribution is -1.70. The van der Waals surface area contributed by atoms with Crippen LogP contribution in [-0.2, 0) is 6.42 Å². The Labute approximate surface area is 82.1 Å². The minimum atomic E-state index is 0. The molecule has 13 heavy (non-hydrogen) atoms. The molecule has 1 nitrogen and oxygen atoms in total. The third-order valence-electron chi connectivity index (χ3n) is 1.82. The Bertz CT molecular complexity index is 370. The molecule has 0 fully saturated rings. The maximum Gasteiger partial charge on any atom is 0.134 e. The van der Waals surface area contributed by atoms with Crippen molar-refractivity contribution in [1.82, 2.24) is 0 Å². The highest BCUT2D eigenvalue weighted by Crippen LogP contribution is 2.18. The molecule has 0 spiro atoms. The largest absolute Gasteiger partial charge is 0.461 e. The van der Waals surface area contributed by atoms with Gasteiger partial charge in [-0.25, -0.2) is 0 Å². The zero-order valence-corrected chi connectivity index (χ0v) is 8.29. The molecule has 2 aromatic rings. The van der Waals surface area contributed by atoms with Gasteiger partial charge in [-0.15, -0.1) is 6.58 Å². The molecule has 2 heteroatoms. The highest BCUT2D eigenvalue weighted by Gasteiger charge is 1.99. The molecule has 4 radical (unpaired) electrons. The van der Waals surface area contributed by atoms with Crippen molar-refractivity contribution in [3.63, 3.8) is 0 Å². The van der Waals surface area contributed by atoms with Crippen LogP contribution < -0.4 is 0 Å². The van der Waals surface area contributed by atoms with E-state index < -0.39 is 0 Å². The Morgan fingerprint density at radius 1 is 1.31 bits per heavy atom. The van der Waals surface area contributed by atoms with Crippen LogP contribution in [0, 0.1) is 0 Å². The van der Waals surface area contributed by atoms with E-state index in [4.69, 9.17) is 4.42 Å². The van der Waals surface area contributed by atoms with Crippen LogP contribution in [0.3, 0.4) is 0 Å². The summed E-state index contributed by atoms with van der Waals surface area (Å²) in [6.45, 7) is 3.67. The summed E-state index contributed by atoms with van der Waals surface area (Å²) in [6.07, 6.45) is 2.65. The summed E-state index contributed by atoms with van der Waals surface area (Å²) in [5.74, 6) is 0.978. The number of hydrogen-bond acceptors (Lipinski definition) is 1. The monoisotopic (exact) mass is 186 g/mol. The van der Waals surface area contributed by atoms with Gasteiger partial charge in [0.2, 0.25) is 0 Å². The smallest absolute Gasteiger partial charge is 0.134 e. The minimum absolute atomic E-state index is 0. The van der Waals surface area contributed by atoms with Gasteiger partial charge >= 0.3 is 0 Å². The second-order valence-corrected chi connectivity index (χ2v) is 2.74. The first-order valence-electron chi connectivity index (χ1n) is 3.98. The lowest BCUT2D eigenvalue weighted by Gasteiger charge is -1.84. The van der Waals surface area contributed by atoms with Gasteiger partial charge in [0.25, 0.3) is 0 Å². The predicted octanol–water partition coefficient (Wildman–Crippen LogP) is 2.78. The van der Waals surface area contributed by atoms with Gasteiger partial charge in [-0.1, -0.05) is 24.3 Å². The Kier molecular flexibility index (Phi) is 3.09. The number of fused-ring (bicyclic) bond motifs is 1. The molecule has 0 saturated heterocycles. The maximum atomic E-state index is 5.54. The molecular formula is C11H10OSi. The molecule has 0 N–H and O–H groups in total. The standard InChI is InChI=1S/C11H10O.Si/c1-2-5-10-8-9-6-3-4-7-11(9)12-10;/h2-4,6-8H,1,5H2;. The molecule has 0 amide bonds. The molecule has 2 rings (SSSR count). The number of furan rings is 1. The van der Waals surface area contributed by atoms with E-state index in [1.807, 2.05) is 30.3 Å². The minimum Gasteiger partial charge on any atom is -0.461 e. The second-order valence-electron chi connectivity index (χ2n) is 2.74.